The molecule has 0 aliphatic heterocycles. The Morgan fingerprint density at radius 2 is 1.80 bits per heavy atom. The van der Waals surface area contributed by atoms with Gasteiger partial charge in [-0.2, -0.15) is 0 Å². The van der Waals surface area contributed by atoms with Gasteiger partial charge in [0.2, 0.25) is 0 Å². The fourth-order valence-electron chi connectivity index (χ4n) is 1.47. The highest BCUT2D eigenvalue weighted by Crippen LogP contribution is 2.58. The summed E-state index contributed by atoms with van der Waals surface area (Å²) >= 11 is 5.26. The molecular weight excluding hydrogens is 234 g/mol. The van der Waals surface area contributed by atoms with E-state index in [-0.39, 0.29) is 0 Å². The maximum Gasteiger partial charge on any atom is 0.272 e. The van der Waals surface area contributed by atoms with Crippen LogP contribution < -0.4 is 5.73 Å². The summed E-state index contributed by atoms with van der Waals surface area (Å²) < 4.78 is 51.8. The normalized spacial score (nSPS) is 27.9. The molecule has 0 aromatic heterocycles. The summed E-state index contributed by atoms with van der Waals surface area (Å²) in [4.78, 5) is 0. The molecule has 1 aliphatic rings. The fraction of sp³-hybridized carbons (Fsp3) is 0.333. The monoisotopic (exact) mass is 239 g/mol. The van der Waals surface area contributed by atoms with Crippen molar-refractivity contribution < 1.29 is 17.6 Å². The van der Waals surface area contributed by atoms with Crippen molar-refractivity contribution in [1.29, 1.82) is 0 Å². The third-order valence-corrected chi connectivity index (χ3v) is 2.89. The molecule has 1 fully saturated rings. The zero-order valence-electron chi connectivity index (χ0n) is 7.33. The maximum absolute atomic E-state index is 13.4. The van der Waals surface area contributed by atoms with Crippen LogP contribution in [0.1, 0.15) is 12.0 Å². The molecule has 0 spiro atoms. The van der Waals surface area contributed by atoms with E-state index in [4.69, 9.17) is 17.3 Å². The van der Waals surface area contributed by atoms with Gasteiger partial charge in [0.25, 0.3) is 5.92 Å². The van der Waals surface area contributed by atoms with Crippen LogP contribution >= 0.6 is 11.6 Å². The Balaban J connectivity index is 2.53. The van der Waals surface area contributed by atoms with Crippen molar-refractivity contribution in [2.45, 2.75) is 17.9 Å². The molecule has 15 heavy (non-hydrogen) atoms. The van der Waals surface area contributed by atoms with Gasteiger partial charge in [-0.25, -0.2) is 17.6 Å². The first-order valence-electron chi connectivity index (χ1n) is 4.10. The lowest BCUT2D eigenvalue weighted by Gasteiger charge is -2.12. The van der Waals surface area contributed by atoms with E-state index in [0.717, 1.165) is 12.1 Å². The molecule has 0 saturated heterocycles. The van der Waals surface area contributed by atoms with Crippen molar-refractivity contribution in [3.63, 3.8) is 0 Å². The van der Waals surface area contributed by atoms with Crippen molar-refractivity contribution in [2.24, 2.45) is 5.73 Å². The molecule has 1 unspecified atom stereocenters. The molecule has 1 nitrogen and oxygen atoms in total. The predicted molar refractivity (Wildman–Crippen MR) is 46.8 cm³/mol. The summed E-state index contributed by atoms with van der Waals surface area (Å²) in [6.07, 6.45) is -0.654. The van der Waals surface area contributed by atoms with Gasteiger partial charge in [0, 0.05) is 12.0 Å². The van der Waals surface area contributed by atoms with Crippen LogP contribution in [0.3, 0.4) is 0 Å². The van der Waals surface area contributed by atoms with Crippen LogP contribution in [-0.4, -0.2) is 5.92 Å². The molecule has 82 valence electrons. The van der Waals surface area contributed by atoms with Gasteiger partial charge in [-0.3, -0.25) is 0 Å². The Labute approximate surface area is 87.8 Å². The molecule has 1 aliphatic carbocycles. The van der Waals surface area contributed by atoms with E-state index in [2.05, 4.69) is 0 Å². The summed E-state index contributed by atoms with van der Waals surface area (Å²) in [7, 11) is 0. The van der Waals surface area contributed by atoms with Gasteiger partial charge in [0.05, 0.1) is 0 Å². The Morgan fingerprint density at radius 3 is 2.27 bits per heavy atom. The van der Waals surface area contributed by atoms with Crippen molar-refractivity contribution >= 4 is 11.6 Å². The van der Waals surface area contributed by atoms with Crippen LogP contribution in [0.2, 0.25) is 5.02 Å². The van der Waals surface area contributed by atoms with Crippen LogP contribution in [0.25, 0.3) is 0 Å². The van der Waals surface area contributed by atoms with E-state index in [9.17, 15) is 17.6 Å². The van der Waals surface area contributed by atoms with Gasteiger partial charge < -0.3 is 5.73 Å². The third-order valence-electron chi connectivity index (χ3n) is 2.54. The van der Waals surface area contributed by atoms with Crippen LogP contribution in [0, 0.1) is 11.6 Å². The van der Waals surface area contributed by atoms with E-state index in [1.54, 1.807) is 0 Å². The van der Waals surface area contributed by atoms with Gasteiger partial charge in [-0.1, -0.05) is 17.7 Å². The number of benzene rings is 1. The molecule has 2 N–H and O–H groups in total. The number of hydrogen-bond acceptors (Lipinski definition) is 1. The number of halogens is 5. The minimum absolute atomic E-state index is 0.445. The summed E-state index contributed by atoms with van der Waals surface area (Å²) in [5.74, 6) is -5.36. The molecule has 1 atom stereocenters. The Kier molecular flexibility index (Phi) is 2.04. The van der Waals surface area contributed by atoms with Crippen LogP contribution in [0.5, 0.6) is 0 Å². The SMILES string of the molecule is NC1(c2ccc(F)c(Cl)c2F)CC1(F)F. The average molecular weight is 240 g/mol. The molecule has 1 aromatic carbocycles. The quantitative estimate of drug-likeness (QED) is 0.592. The molecule has 0 radical (unpaired) electrons. The summed E-state index contributed by atoms with van der Waals surface area (Å²) in [6.45, 7) is 0. The van der Waals surface area contributed by atoms with E-state index >= 15 is 0 Å². The first-order chi connectivity index (χ1) is 6.79. The lowest BCUT2D eigenvalue weighted by molar-refractivity contribution is 0.0881. The first-order valence-corrected chi connectivity index (χ1v) is 4.48. The Bertz CT molecular complexity index is 434. The highest BCUT2D eigenvalue weighted by molar-refractivity contribution is 6.31. The molecule has 0 amide bonds. The fourth-order valence-corrected chi connectivity index (χ4v) is 1.63. The molecule has 1 aromatic rings. The Hall–Kier alpha value is -0.810. The standard InChI is InChI=1S/C9H6ClF4N/c10-6-5(11)2-1-4(7(6)12)8(15)3-9(8,13)14/h1-2H,3,15H2. The van der Waals surface area contributed by atoms with E-state index < -0.39 is 40.1 Å². The lowest BCUT2D eigenvalue weighted by atomic mass is 10.0. The first kappa shape index (κ1) is 10.7. The minimum Gasteiger partial charge on any atom is -0.316 e. The highest BCUT2D eigenvalue weighted by atomic mass is 35.5. The maximum atomic E-state index is 13.4. The summed E-state index contributed by atoms with van der Waals surface area (Å²) in [6, 6.07) is 1.72. The van der Waals surface area contributed by atoms with Crippen molar-refractivity contribution in [1.82, 2.24) is 0 Å². The van der Waals surface area contributed by atoms with Gasteiger partial charge >= 0.3 is 0 Å². The predicted octanol–water partition coefficient (Wildman–Crippen LogP) is 2.81. The van der Waals surface area contributed by atoms with Gasteiger partial charge in [0.1, 0.15) is 22.2 Å². The van der Waals surface area contributed by atoms with Crippen molar-refractivity contribution in [2.75, 3.05) is 0 Å². The number of rotatable bonds is 1. The van der Waals surface area contributed by atoms with Crippen LogP contribution in [-0.2, 0) is 5.54 Å². The second kappa shape index (κ2) is 2.86. The van der Waals surface area contributed by atoms with Gasteiger partial charge in [0.15, 0.2) is 0 Å². The minimum atomic E-state index is -3.16. The molecule has 6 heteroatoms. The molecule has 2 rings (SSSR count). The number of hydrogen-bond donors (Lipinski definition) is 1. The molecule has 0 bridgehead atoms. The number of alkyl halides is 2. The second-order valence-corrected chi connectivity index (χ2v) is 3.95. The lowest BCUT2D eigenvalue weighted by Crippen LogP contribution is -2.28. The summed E-state index contributed by atoms with van der Waals surface area (Å²) in [5.41, 5.74) is 2.80. The third kappa shape index (κ3) is 1.33. The second-order valence-electron chi connectivity index (χ2n) is 3.58. The zero-order valence-corrected chi connectivity index (χ0v) is 8.08. The summed E-state index contributed by atoms with van der Waals surface area (Å²) in [5, 5.41) is -0.806. The molecular formula is C9H6ClF4N. The zero-order chi connectivity index (χ0) is 11.4. The van der Waals surface area contributed by atoms with Crippen LogP contribution in [0.4, 0.5) is 17.6 Å². The molecule has 1 saturated carbocycles. The van der Waals surface area contributed by atoms with Crippen molar-refractivity contribution in [3.05, 3.63) is 34.4 Å². The molecule has 0 heterocycles. The smallest absolute Gasteiger partial charge is 0.272 e. The Morgan fingerprint density at radius 1 is 1.27 bits per heavy atom. The largest absolute Gasteiger partial charge is 0.316 e. The average Bonchev–Trinajstić information content (AvgIpc) is 2.63. The number of nitrogens with two attached hydrogens (primary N) is 1. The van der Waals surface area contributed by atoms with E-state index in [1.165, 1.54) is 0 Å². The van der Waals surface area contributed by atoms with Gasteiger partial charge in [-0.05, 0) is 6.07 Å². The van der Waals surface area contributed by atoms with Gasteiger partial charge in [-0.15, -0.1) is 0 Å². The highest BCUT2D eigenvalue weighted by Gasteiger charge is 2.70. The van der Waals surface area contributed by atoms with E-state index in [0.29, 0.717) is 0 Å². The van der Waals surface area contributed by atoms with Crippen molar-refractivity contribution in [3.8, 4) is 0 Å². The van der Waals surface area contributed by atoms with Crippen LogP contribution in [0.15, 0.2) is 12.1 Å². The van der Waals surface area contributed by atoms with E-state index in [1.807, 2.05) is 0 Å². The topological polar surface area (TPSA) is 26.0 Å².